The molecule has 0 aliphatic heterocycles. The average Bonchev–Trinajstić information content (AvgIpc) is 3.01. The number of nitrogens with zero attached hydrogens (tertiary/aromatic N) is 2. The third-order valence-electron chi connectivity index (χ3n) is 4.47. The highest BCUT2D eigenvalue weighted by atomic mass is 35.5. The van der Waals surface area contributed by atoms with E-state index < -0.39 is 0 Å². The summed E-state index contributed by atoms with van der Waals surface area (Å²) in [5.74, 6) is 0.231. The Balaban J connectivity index is 1.53. The van der Waals surface area contributed by atoms with Crippen molar-refractivity contribution >= 4 is 40.7 Å². The Labute approximate surface area is 190 Å². The Bertz CT molecular complexity index is 1030. The van der Waals surface area contributed by atoms with Crippen LogP contribution < -0.4 is 10.1 Å². The predicted molar refractivity (Wildman–Crippen MR) is 121 cm³/mol. The number of rotatable bonds is 8. The second-order valence-electron chi connectivity index (χ2n) is 6.95. The molecule has 1 aromatic heterocycles. The first-order valence-corrected chi connectivity index (χ1v) is 10.6. The number of aryl methyl sites for hydroxylation is 3. The molecule has 0 saturated carbocycles. The van der Waals surface area contributed by atoms with E-state index >= 15 is 0 Å². The molecule has 0 aliphatic carbocycles. The number of halogens is 3. The molecule has 3 aromatic rings. The van der Waals surface area contributed by atoms with E-state index in [9.17, 15) is 4.79 Å². The van der Waals surface area contributed by atoms with E-state index in [-0.39, 0.29) is 12.5 Å². The van der Waals surface area contributed by atoms with Gasteiger partial charge in [-0.15, -0.1) is 0 Å². The number of aromatic nitrogens is 2. The number of benzene rings is 2. The smallest absolute Gasteiger partial charge is 0.251 e. The van der Waals surface area contributed by atoms with Gasteiger partial charge in [-0.2, -0.15) is 5.10 Å². The maximum Gasteiger partial charge on any atom is 0.251 e. The van der Waals surface area contributed by atoms with E-state index in [1.807, 2.05) is 36.7 Å². The fourth-order valence-electron chi connectivity index (χ4n) is 3.06. The quantitative estimate of drug-likeness (QED) is 0.423. The fraction of sp³-hybridized carbons (Fsp3) is 0.273. The number of ether oxygens (including phenoxy) is 1. The molecule has 0 fully saturated rings. The maximum absolute atomic E-state index is 12.5. The standard InChI is InChI=1S/C22H22Cl3N3O2/c1-14-9-15(2)28(27-14)8-4-7-26-22(29)17-6-3-5-16(10-17)13-30-21-19(24)11-18(23)12-20(21)25/h3,5-6,9-12H,4,7-8,13H2,1-2H3,(H,26,29). The minimum Gasteiger partial charge on any atom is -0.486 e. The third-order valence-corrected chi connectivity index (χ3v) is 5.25. The summed E-state index contributed by atoms with van der Waals surface area (Å²) in [6.45, 7) is 5.54. The lowest BCUT2D eigenvalue weighted by molar-refractivity contribution is 0.0952. The number of carbonyl (C=O) groups is 1. The number of hydrogen-bond donors (Lipinski definition) is 1. The van der Waals surface area contributed by atoms with E-state index in [0.717, 1.165) is 29.9 Å². The van der Waals surface area contributed by atoms with Gasteiger partial charge in [0, 0.05) is 29.4 Å². The van der Waals surface area contributed by atoms with Crippen molar-refractivity contribution in [2.24, 2.45) is 0 Å². The lowest BCUT2D eigenvalue weighted by atomic mass is 10.1. The van der Waals surface area contributed by atoms with Crippen LogP contribution in [0.1, 0.15) is 33.7 Å². The summed E-state index contributed by atoms with van der Waals surface area (Å²) in [6.07, 6.45) is 0.796. The topological polar surface area (TPSA) is 56.2 Å². The average molecular weight is 467 g/mol. The molecule has 0 saturated heterocycles. The number of nitrogens with one attached hydrogen (secondary N) is 1. The zero-order valence-electron chi connectivity index (χ0n) is 16.7. The van der Waals surface area contributed by atoms with Crippen molar-refractivity contribution in [3.05, 3.63) is 80.0 Å². The molecule has 0 atom stereocenters. The molecular formula is C22H22Cl3N3O2. The first kappa shape index (κ1) is 22.5. The molecular weight excluding hydrogens is 445 g/mol. The van der Waals surface area contributed by atoms with Crippen LogP contribution in [-0.2, 0) is 13.2 Å². The van der Waals surface area contributed by atoms with Gasteiger partial charge in [0.05, 0.1) is 15.7 Å². The highest BCUT2D eigenvalue weighted by Crippen LogP contribution is 2.36. The summed E-state index contributed by atoms with van der Waals surface area (Å²) >= 11 is 18.2. The van der Waals surface area contributed by atoms with Gasteiger partial charge in [0.1, 0.15) is 6.61 Å². The molecule has 0 bridgehead atoms. The van der Waals surface area contributed by atoms with Crippen molar-refractivity contribution in [2.75, 3.05) is 6.54 Å². The van der Waals surface area contributed by atoms with Crippen molar-refractivity contribution < 1.29 is 9.53 Å². The molecule has 2 aromatic carbocycles. The number of hydrogen-bond acceptors (Lipinski definition) is 3. The van der Waals surface area contributed by atoms with Crippen LogP contribution >= 0.6 is 34.8 Å². The van der Waals surface area contributed by atoms with Crippen LogP contribution in [0.3, 0.4) is 0 Å². The van der Waals surface area contributed by atoms with Gasteiger partial charge in [0.25, 0.3) is 5.91 Å². The molecule has 0 unspecified atom stereocenters. The summed E-state index contributed by atoms with van der Waals surface area (Å²) in [7, 11) is 0. The minimum absolute atomic E-state index is 0.132. The zero-order chi connectivity index (χ0) is 21.7. The van der Waals surface area contributed by atoms with Gasteiger partial charge in [-0.05, 0) is 56.2 Å². The summed E-state index contributed by atoms with van der Waals surface area (Å²) in [5.41, 5.74) is 3.51. The molecule has 8 heteroatoms. The molecule has 158 valence electrons. The second-order valence-corrected chi connectivity index (χ2v) is 8.20. The third kappa shape index (κ3) is 5.91. The number of amides is 1. The maximum atomic E-state index is 12.5. The van der Waals surface area contributed by atoms with Crippen LogP contribution in [0, 0.1) is 13.8 Å². The lowest BCUT2D eigenvalue weighted by Gasteiger charge is -2.11. The summed E-state index contributed by atoms with van der Waals surface area (Å²) in [5, 5.41) is 8.48. The van der Waals surface area contributed by atoms with Gasteiger partial charge >= 0.3 is 0 Å². The Hall–Kier alpha value is -2.21. The van der Waals surface area contributed by atoms with Gasteiger partial charge in [0.15, 0.2) is 5.75 Å². The zero-order valence-corrected chi connectivity index (χ0v) is 19.0. The Morgan fingerprint density at radius 3 is 2.50 bits per heavy atom. The van der Waals surface area contributed by atoms with Gasteiger partial charge in [0.2, 0.25) is 0 Å². The largest absolute Gasteiger partial charge is 0.486 e. The van der Waals surface area contributed by atoms with Crippen molar-refractivity contribution in [1.82, 2.24) is 15.1 Å². The lowest BCUT2D eigenvalue weighted by Crippen LogP contribution is -2.25. The fourth-order valence-corrected chi connectivity index (χ4v) is 3.98. The first-order valence-electron chi connectivity index (χ1n) is 9.49. The van der Waals surface area contributed by atoms with E-state index in [4.69, 9.17) is 39.5 Å². The highest BCUT2D eigenvalue weighted by Gasteiger charge is 2.11. The number of carbonyl (C=O) groups excluding carboxylic acids is 1. The summed E-state index contributed by atoms with van der Waals surface area (Å²) in [6, 6.07) is 12.4. The van der Waals surface area contributed by atoms with Crippen LogP contribution in [0.15, 0.2) is 42.5 Å². The minimum atomic E-state index is -0.132. The van der Waals surface area contributed by atoms with Crippen molar-refractivity contribution in [2.45, 2.75) is 33.4 Å². The van der Waals surface area contributed by atoms with Crippen molar-refractivity contribution in [3.8, 4) is 5.75 Å². The van der Waals surface area contributed by atoms with Gasteiger partial charge < -0.3 is 10.1 Å². The predicted octanol–water partition coefficient (Wildman–Crippen LogP) is 5.86. The van der Waals surface area contributed by atoms with Crippen LogP contribution in [-0.4, -0.2) is 22.2 Å². The van der Waals surface area contributed by atoms with Gasteiger partial charge in [-0.3, -0.25) is 9.48 Å². The Kier molecular flexibility index (Phi) is 7.64. The summed E-state index contributed by atoms with van der Waals surface area (Å²) < 4.78 is 7.69. The Morgan fingerprint density at radius 2 is 1.83 bits per heavy atom. The SMILES string of the molecule is Cc1cc(C)n(CCCNC(=O)c2cccc(COc3c(Cl)cc(Cl)cc3Cl)c2)n1. The molecule has 3 rings (SSSR count). The van der Waals surface area contributed by atoms with E-state index in [1.165, 1.54) is 0 Å². The molecule has 1 heterocycles. The van der Waals surface area contributed by atoms with Crippen LogP contribution in [0.5, 0.6) is 5.75 Å². The van der Waals surface area contributed by atoms with Gasteiger partial charge in [-0.25, -0.2) is 0 Å². The molecule has 1 N–H and O–H groups in total. The van der Waals surface area contributed by atoms with E-state index in [1.54, 1.807) is 24.3 Å². The van der Waals surface area contributed by atoms with Crippen LogP contribution in [0.4, 0.5) is 0 Å². The molecule has 1 amide bonds. The second kappa shape index (κ2) is 10.2. The molecule has 5 nitrogen and oxygen atoms in total. The monoisotopic (exact) mass is 465 g/mol. The normalized spacial score (nSPS) is 10.8. The molecule has 0 spiro atoms. The molecule has 0 aliphatic rings. The van der Waals surface area contributed by atoms with Crippen LogP contribution in [0.25, 0.3) is 0 Å². The molecule has 0 radical (unpaired) electrons. The summed E-state index contributed by atoms with van der Waals surface area (Å²) in [4.78, 5) is 12.5. The Morgan fingerprint density at radius 1 is 1.10 bits per heavy atom. The van der Waals surface area contributed by atoms with Crippen LogP contribution in [0.2, 0.25) is 15.1 Å². The highest BCUT2D eigenvalue weighted by molar-refractivity contribution is 6.40. The first-order chi connectivity index (χ1) is 14.3. The van der Waals surface area contributed by atoms with Crippen molar-refractivity contribution in [1.29, 1.82) is 0 Å². The van der Waals surface area contributed by atoms with E-state index in [0.29, 0.717) is 32.9 Å². The van der Waals surface area contributed by atoms with Crippen molar-refractivity contribution in [3.63, 3.8) is 0 Å². The van der Waals surface area contributed by atoms with Gasteiger partial charge in [-0.1, -0.05) is 46.9 Å². The molecule has 30 heavy (non-hydrogen) atoms. The van der Waals surface area contributed by atoms with E-state index in [2.05, 4.69) is 10.4 Å².